The van der Waals surface area contributed by atoms with E-state index in [1.807, 2.05) is 0 Å². The molecule has 2 N–H and O–H groups in total. The molecule has 0 spiro atoms. The first-order valence-corrected chi connectivity index (χ1v) is 21.0. The maximum absolute atomic E-state index is 11.9. The highest BCUT2D eigenvalue weighted by atomic mass is 16.1. The molecule has 0 aliphatic carbocycles. The van der Waals surface area contributed by atoms with Gasteiger partial charge in [-0.05, 0) is 12.8 Å². The number of hydrogen-bond acceptors (Lipinski definition) is 1. The monoisotopic (exact) mass is 620 g/mol. The van der Waals surface area contributed by atoms with Gasteiger partial charge in [0.1, 0.15) is 0 Å². The molecule has 2 heteroatoms. The smallest absolute Gasteiger partial charge is 0.220 e. The van der Waals surface area contributed by atoms with Crippen molar-refractivity contribution in [2.75, 3.05) is 0 Å². The molecule has 0 aromatic rings. The standard InChI is InChI=1S/C42H85NO/c1-3-5-7-9-11-13-15-17-19-20-21-22-23-24-25-26-28-30-32-34-36-38-40-41(42(43)44)39-37-35-33-31-29-27-18-16-14-12-10-8-6-4-2/h41H,3-40H2,1-2H3,(H2,43,44). The second-order valence-electron chi connectivity index (χ2n) is 14.7. The van der Waals surface area contributed by atoms with Crippen LogP contribution in [0.3, 0.4) is 0 Å². The van der Waals surface area contributed by atoms with Crippen molar-refractivity contribution < 1.29 is 4.79 Å². The number of carbonyl (C=O) groups is 1. The first-order valence-electron chi connectivity index (χ1n) is 21.0. The Morgan fingerprint density at radius 3 is 0.636 bits per heavy atom. The van der Waals surface area contributed by atoms with Gasteiger partial charge in [-0.2, -0.15) is 0 Å². The van der Waals surface area contributed by atoms with Gasteiger partial charge in [-0.3, -0.25) is 4.79 Å². The summed E-state index contributed by atoms with van der Waals surface area (Å²) >= 11 is 0. The topological polar surface area (TPSA) is 43.1 Å². The fourth-order valence-corrected chi connectivity index (χ4v) is 7.01. The van der Waals surface area contributed by atoms with Crippen molar-refractivity contribution in [3.05, 3.63) is 0 Å². The molecule has 1 amide bonds. The summed E-state index contributed by atoms with van der Waals surface area (Å²) in [5.74, 6) is 0.0700. The van der Waals surface area contributed by atoms with Crippen molar-refractivity contribution in [3.63, 3.8) is 0 Å². The van der Waals surface area contributed by atoms with Crippen LogP contribution in [0.1, 0.15) is 258 Å². The Balaban J connectivity index is 3.33. The highest BCUT2D eigenvalue weighted by Crippen LogP contribution is 2.20. The average Bonchev–Trinajstić information content (AvgIpc) is 3.02. The van der Waals surface area contributed by atoms with Gasteiger partial charge >= 0.3 is 0 Å². The lowest BCUT2D eigenvalue weighted by atomic mass is 9.93. The summed E-state index contributed by atoms with van der Waals surface area (Å²) < 4.78 is 0. The second kappa shape index (κ2) is 38.7. The zero-order valence-electron chi connectivity index (χ0n) is 30.9. The summed E-state index contributed by atoms with van der Waals surface area (Å²) in [6.45, 7) is 4.59. The highest BCUT2D eigenvalue weighted by Gasteiger charge is 2.14. The molecule has 0 radical (unpaired) electrons. The van der Waals surface area contributed by atoms with Gasteiger partial charge in [-0.15, -0.1) is 0 Å². The summed E-state index contributed by atoms with van der Waals surface area (Å²) in [5, 5.41) is 0. The number of hydrogen-bond donors (Lipinski definition) is 1. The molecule has 0 fully saturated rings. The molecular weight excluding hydrogens is 534 g/mol. The molecular formula is C42H85NO. The molecule has 2 nitrogen and oxygen atoms in total. The van der Waals surface area contributed by atoms with Gasteiger partial charge in [0, 0.05) is 5.92 Å². The molecule has 0 aliphatic rings. The lowest BCUT2D eigenvalue weighted by molar-refractivity contribution is -0.122. The van der Waals surface area contributed by atoms with E-state index in [0.717, 1.165) is 12.8 Å². The van der Waals surface area contributed by atoms with E-state index < -0.39 is 0 Å². The number of unbranched alkanes of at least 4 members (excludes halogenated alkanes) is 34. The number of primary amides is 1. The van der Waals surface area contributed by atoms with E-state index in [0.29, 0.717) is 0 Å². The van der Waals surface area contributed by atoms with E-state index in [2.05, 4.69) is 13.8 Å². The Hall–Kier alpha value is -0.530. The van der Waals surface area contributed by atoms with E-state index in [1.54, 1.807) is 0 Å². The van der Waals surface area contributed by atoms with Gasteiger partial charge in [-0.25, -0.2) is 0 Å². The molecule has 0 rings (SSSR count). The van der Waals surface area contributed by atoms with Crippen molar-refractivity contribution in [2.24, 2.45) is 11.7 Å². The van der Waals surface area contributed by atoms with Crippen LogP contribution in [0.15, 0.2) is 0 Å². The van der Waals surface area contributed by atoms with Crippen molar-refractivity contribution in [1.82, 2.24) is 0 Å². The molecule has 0 saturated heterocycles. The van der Waals surface area contributed by atoms with Crippen LogP contribution < -0.4 is 5.73 Å². The minimum atomic E-state index is -0.0526. The van der Waals surface area contributed by atoms with Crippen LogP contribution in [0.2, 0.25) is 0 Å². The minimum absolute atomic E-state index is 0.0526. The Morgan fingerprint density at radius 2 is 0.477 bits per heavy atom. The van der Waals surface area contributed by atoms with Gasteiger partial charge in [-0.1, -0.05) is 245 Å². The Morgan fingerprint density at radius 1 is 0.318 bits per heavy atom. The molecule has 0 aromatic heterocycles. The molecule has 0 heterocycles. The van der Waals surface area contributed by atoms with Crippen LogP contribution in [0.4, 0.5) is 0 Å². The average molecular weight is 620 g/mol. The van der Waals surface area contributed by atoms with E-state index in [4.69, 9.17) is 5.73 Å². The quantitative estimate of drug-likeness (QED) is 0.0683. The third-order valence-electron chi connectivity index (χ3n) is 10.2. The summed E-state index contributed by atoms with van der Waals surface area (Å²) in [5.41, 5.74) is 5.74. The summed E-state index contributed by atoms with van der Waals surface area (Å²) in [4.78, 5) is 11.9. The maximum atomic E-state index is 11.9. The molecule has 0 aromatic carbocycles. The van der Waals surface area contributed by atoms with Crippen molar-refractivity contribution >= 4 is 5.91 Å². The third-order valence-corrected chi connectivity index (χ3v) is 10.2. The summed E-state index contributed by atoms with van der Waals surface area (Å²) in [7, 11) is 0. The van der Waals surface area contributed by atoms with Crippen molar-refractivity contribution in [2.45, 2.75) is 258 Å². The van der Waals surface area contributed by atoms with Crippen LogP contribution >= 0.6 is 0 Å². The van der Waals surface area contributed by atoms with Crippen LogP contribution in [-0.4, -0.2) is 5.91 Å². The van der Waals surface area contributed by atoms with Gasteiger partial charge in [0.2, 0.25) is 5.91 Å². The van der Waals surface area contributed by atoms with Gasteiger partial charge in [0.05, 0.1) is 0 Å². The van der Waals surface area contributed by atoms with E-state index >= 15 is 0 Å². The van der Waals surface area contributed by atoms with Gasteiger partial charge < -0.3 is 5.73 Å². The van der Waals surface area contributed by atoms with Crippen LogP contribution in [0.25, 0.3) is 0 Å². The SMILES string of the molecule is CCCCCCCCCCCCCCCCCCCCCCCCC(CCCCCCCCCCCCCCCC)C(N)=O. The van der Waals surface area contributed by atoms with E-state index in [1.165, 1.54) is 231 Å². The zero-order valence-corrected chi connectivity index (χ0v) is 30.9. The maximum Gasteiger partial charge on any atom is 0.220 e. The fraction of sp³-hybridized carbons (Fsp3) is 0.976. The largest absolute Gasteiger partial charge is 0.369 e. The number of amides is 1. The number of carbonyl (C=O) groups excluding carboxylic acids is 1. The predicted octanol–water partition coefficient (Wildman–Crippen LogP) is 15.0. The van der Waals surface area contributed by atoms with Crippen LogP contribution in [0.5, 0.6) is 0 Å². The van der Waals surface area contributed by atoms with E-state index in [-0.39, 0.29) is 11.8 Å². The Labute approximate surface area is 279 Å². The van der Waals surface area contributed by atoms with E-state index in [9.17, 15) is 4.79 Å². The van der Waals surface area contributed by atoms with Crippen molar-refractivity contribution in [3.8, 4) is 0 Å². The lowest BCUT2D eigenvalue weighted by Crippen LogP contribution is -2.23. The lowest BCUT2D eigenvalue weighted by Gasteiger charge is -2.13. The third kappa shape index (κ3) is 35.9. The normalized spacial score (nSPS) is 12.2. The fourth-order valence-electron chi connectivity index (χ4n) is 7.01. The predicted molar refractivity (Wildman–Crippen MR) is 199 cm³/mol. The highest BCUT2D eigenvalue weighted by molar-refractivity contribution is 5.76. The molecule has 1 atom stereocenters. The second-order valence-corrected chi connectivity index (χ2v) is 14.7. The molecule has 1 unspecified atom stereocenters. The Bertz CT molecular complexity index is 532. The summed E-state index contributed by atoms with van der Waals surface area (Å²) in [6.07, 6.45) is 52.7. The zero-order chi connectivity index (χ0) is 32.0. The van der Waals surface area contributed by atoms with Crippen molar-refractivity contribution in [1.29, 1.82) is 0 Å². The molecule has 0 bridgehead atoms. The molecule has 0 saturated carbocycles. The van der Waals surface area contributed by atoms with Crippen LogP contribution in [-0.2, 0) is 4.79 Å². The van der Waals surface area contributed by atoms with Crippen LogP contribution in [0, 0.1) is 5.92 Å². The van der Waals surface area contributed by atoms with Gasteiger partial charge in [0.15, 0.2) is 0 Å². The first-order chi connectivity index (χ1) is 21.7. The molecule has 0 aliphatic heterocycles. The molecule has 264 valence electrons. The minimum Gasteiger partial charge on any atom is -0.369 e. The van der Waals surface area contributed by atoms with Gasteiger partial charge in [0.25, 0.3) is 0 Å². The first kappa shape index (κ1) is 43.5. The Kier molecular flexibility index (Phi) is 38.2. The molecule has 44 heavy (non-hydrogen) atoms. The number of nitrogens with two attached hydrogens (primary N) is 1. The number of rotatable bonds is 39. The summed E-state index contributed by atoms with van der Waals surface area (Å²) in [6, 6.07) is 0.